The van der Waals surface area contributed by atoms with Gasteiger partial charge in [-0.05, 0) is 46.8 Å². The summed E-state index contributed by atoms with van der Waals surface area (Å²) in [5, 5.41) is 7.33. The van der Waals surface area contributed by atoms with E-state index in [1.165, 1.54) is 22.7 Å². The van der Waals surface area contributed by atoms with Crippen LogP contribution < -0.4 is 5.32 Å². The molecule has 0 saturated carbocycles. The smallest absolute Gasteiger partial charge is 0.267 e. The first kappa shape index (κ1) is 19.1. The Kier molecular flexibility index (Phi) is 5.00. The number of halogens is 1. The Hall–Kier alpha value is -2.21. The van der Waals surface area contributed by atoms with Gasteiger partial charge >= 0.3 is 0 Å². The normalized spacial score (nSPS) is 11.7. The number of carbonyl (C=O) groups is 1. The Morgan fingerprint density at radius 2 is 1.75 bits per heavy atom. The molecule has 0 saturated heterocycles. The van der Waals surface area contributed by atoms with Crippen molar-refractivity contribution >= 4 is 55.4 Å². The van der Waals surface area contributed by atoms with Crippen molar-refractivity contribution in [2.45, 2.75) is 26.2 Å². The number of carbonyl (C=O) groups excluding carboxylic acids is 1. The summed E-state index contributed by atoms with van der Waals surface area (Å²) in [6, 6.07) is 15.9. The van der Waals surface area contributed by atoms with E-state index in [2.05, 4.69) is 49.3 Å². The number of benzene rings is 2. The van der Waals surface area contributed by atoms with Crippen molar-refractivity contribution < 1.29 is 4.79 Å². The molecule has 0 bridgehead atoms. The average Bonchev–Trinajstić information content (AvgIpc) is 3.28. The third kappa shape index (κ3) is 3.97. The second kappa shape index (κ2) is 7.32. The summed E-state index contributed by atoms with van der Waals surface area (Å²) < 4.78 is 1.08. The van der Waals surface area contributed by atoms with E-state index < -0.39 is 0 Å². The van der Waals surface area contributed by atoms with Crippen molar-refractivity contribution in [2.75, 3.05) is 5.32 Å². The number of anilines is 1. The molecule has 142 valence electrons. The largest absolute Gasteiger partial charge is 0.297 e. The fourth-order valence-corrected chi connectivity index (χ4v) is 4.81. The summed E-state index contributed by atoms with van der Waals surface area (Å²) >= 11 is 8.92. The molecule has 4 rings (SSSR count). The van der Waals surface area contributed by atoms with Crippen LogP contribution >= 0.6 is 34.3 Å². The lowest BCUT2D eigenvalue weighted by atomic mass is 9.93. The first-order chi connectivity index (χ1) is 13.3. The number of hydrogen-bond donors (Lipinski definition) is 1. The zero-order chi connectivity index (χ0) is 19.9. The third-order valence-corrected chi connectivity index (χ3v) is 6.54. The molecule has 4 aromatic rings. The Labute approximate surface area is 177 Å². The first-order valence-electron chi connectivity index (χ1n) is 8.86. The maximum Gasteiger partial charge on any atom is 0.267 e. The second-order valence-electron chi connectivity index (χ2n) is 7.61. The summed E-state index contributed by atoms with van der Waals surface area (Å²) in [5.74, 6) is -0.121. The van der Waals surface area contributed by atoms with Gasteiger partial charge in [0, 0.05) is 20.5 Å². The van der Waals surface area contributed by atoms with Crippen LogP contribution in [0.1, 0.15) is 36.1 Å². The zero-order valence-electron chi connectivity index (χ0n) is 15.7. The number of hydrogen-bond acceptors (Lipinski definition) is 4. The second-order valence-corrected chi connectivity index (χ2v) is 9.99. The van der Waals surface area contributed by atoms with E-state index in [-0.39, 0.29) is 11.3 Å². The van der Waals surface area contributed by atoms with Crippen LogP contribution in [0.15, 0.2) is 53.9 Å². The molecular weight excluding hydrogens is 408 g/mol. The molecule has 0 spiro atoms. The molecule has 2 aromatic heterocycles. The van der Waals surface area contributed by atoms with Gasteiger partial charge < -0.3 is 0 Å². The molecule has 28 heavy (non-hydrogen) atoms. The van der Waals surface area contributed by atoms with Crippen LogP contribution in [0.3, 0.4) is 0 Å². The quantitative estimate of drug-likeness (QED) is 0.375. The topological polar surface area (TPSA) is 42.0 Å². The van der Waals surface area contributed by atoms with Gasteiger partial charge in [-0.3, -0.25) is 10.1 Å². The van der Waals surface area contributed by atoms with Crippen molar-refractivity contribution in [3.8, 4) is 11.1 Å². The number of rotatable bonds is 3. The molecule has 0 aliphatic rings. The van der Waals surface area contributed by atoms with Crippen molar-refractivity contribution in [1.82, 2.24) is 4.98 Å². The highest BCUT2D eigenvalue weighted by atomic mass is 35.5. The van der Waals surface area contributed by atoms with E-state index in [1.807, 2.05) is 35.7 Å². The molecule has 0 fully saturated rings. The van der Waals surface area contributed by atoms with Gasteiger partial charge in [-0.1, -0.05) is 50.6 Å². The van der Waals surface area contributed by atoms with E-state index in [4.69, 9.17) is 11.6 Å². The SMILES string of the molecule is CC(C)(C)c1csc(NC(=O)c2cc3cc(-c4ccc(Cl)cc4)ccc3s2)n1. The van der Waals surface area contributed by atoms with Crippen molar-refractivity contribution in [3.63, 3.8) is 0 Å². The van der Waals surface area contributed by atoms with Gasteiger partial charge in [-0.15, -0.1) is 22.7 Å². The average molecular weight is 427 g/mol. The standard InChI is InChI=1S/C22H19ClN2OS2/c1-22(2,3)19-12-27-21(24-19)25-20(26)18-11-15-10-14(6-9-17(15)28-18)13-4-7-16(23)8-5-13/h4-12H,1-3H3,(H,24,25,26). The molecule has 0 atom stereocenters. The number of amides is 1. The summed E-state index contributed by atoms with van der Waals surface area (Å²) in [6.07, 6.45) is 0. The Balaban J connectivity index is 1.58. The van der Waals surface area contributed by atoms with Gasteiger partial charge in [0.25, 0.3) is 5.91 Å². The lowest BCUT2D eigenvalue weighted by Crippen LogP contribution is -2.13. The van der Waals surface area contributed by atoms with E-state index in [0.717, 1.165) is 31.9 Å². The van der Waals surface area contributed by atoms with E-state index in [1.54, 1.807) is 0 Å². The minimum absolute atomic E-state index is 0.0326. The molecule has 0 aliphatic heterocycles. The van der Waals surface area contributed by atoms with Crippen LogP contribution in [-0.2, 0) is 5.41 Å². The van der Waals surface area contributed by atoms with Crippen molar-refractivity contribution in [3.05, 3.63) is 69.5 Å². The molecule has 0 radical (unpaired) electrons. The maximum absolute atomic E-state index is 12.7. The highest BCUT2D eigenvalue weighted by Crippen LogP contribution is 2.32. The van der Waals surface area contributed by atoms with Crippen LogP contribution in [-0.4, -0.2) is 10.9 Å². The molecule has 0 aliphatic carbocycles. The van der Waals surface area contributed by atoms with Gasteiger partial charge in [-0.25, -0.2) is 4.98 Å². The fourth-order valence-electron chi connectivity index (χ4n) is 2.81. The molecule has 0 unspecified atom stereocenters. The highest BCUT2D eigenvalue weighted by Gasteiger charge is 2.19. The number of fused-ring (bicyclic) bond motifs is 1. The lowest BCUT2D eigenvalue weighted by molar-refractivity contribution is 0.103. The van der Waals surface area contributed by atoms with Gasteiger partial charge in [0.05, 0.1) is 10.6 Å². The summed E-state index contributed by atoms with van der Waals surface area (Å²) in [5.41, 5.74) is 3.15. The minimum Gasteiger partial charge on any atom is -0.297 e. The van der Waals surface area contributed by atoms with Crippen LogP contribution in [0.5, 0.6) is 0 Å². The van der Waals surface area contributed by atoms with Gasteiger partial charge in [-0.2, -0.15) is 0 Å². The highest BCUT2D eigenvalue weighted by molar-refractivity contribution is 7.21. The van der Waals surface area contributed by atoms with Crippen LogP contribution in [0.2, 0.25) is 5.02 Å². The van der Waals surface area contributed by atoms with Crippen LogP contribution in [0.4, 0.5) is 5.13 Å². The number of aromatic nitrogens is 1. The van der Waals surface area contributed by atoms with E-state index in [0.29, 0.717) is 10.0 Å². The lowest BCUT2D eigenvalue weighted by Gasteiger charge is -2.14. The fraction of sp³-hybridized carbons (Fsp3) is 0.182. The Morgan fingerprint density at radius 3 is 2.43 bits per heavy atom. The van der Waals surface area contributed by atoms with Crippen molar-refractivity contribution in [2.24, 2.45) is 0 Å². The number of thiazole rings is 1. The van der Waals surface area contributed by atoms with E-state index in [9.17, 15) is 4.79 Å². The predicted octanol–water partition coefficient (Wildman–Crippen LogP) is 7.23. The van der Waals surface area contributed by atoms with Gasteiger partial charge in [0.2, 0.25) is 0 Å². The molecule has 1 amide bonds. The van der Waals surface area contributed by atoms with Crippen LogP contribution in [0, 0.1) is 0 Å². The molecular formula is C22H19ClN2OS2. The Morgan fingerprint density at radius 1 is 1.04 bits per heavy atom. The molecule has 2 heterocycles. The molecule has 6 heteroatoms. The first-order valence-corrected chi connectivity index (χ1v) is 10.9. The Bertz CT molecular complexity index is 1150. The monoisotopic (exact) mass is 426 g/mol. The zero-order valence-corrected chi connectivity index (χ0v) is 18.1. The van der Waals surface area contributed by atoms with Gasteiger partial charge in [0.1, 0.15) is 0 Å². The maximum atomic E-state index is 12.7. The molecule has 3 nitrogen and oxygen atoms in total. The number of nitrogens with one attached hydrogen (secondary N) is 1. The third-order valence-electron chi connectivity index (χ3n) is 4.41. The predicted molar refractivity (Wildman–Crippen MR) is 121 cm³/mol. The van der Waals surface area contributed by atoms with Gasteiger partial charge in [0.15, 0.2) is 5.13 Å². The van der Waals surface area contributed by atoms with Crippen LogP contribution in [0.25, 0.3) is 21.2 Å². The molecule has 2 aromatic carbocycles. The minimum atomic E-state index is -0.121. The van der Waals surface area contributed by atoms with E-state index >= 15 is 0 Å². The summed E-state index contributed by atoms with van der Waals surface area (Å²) in [6.45, 7) is 6.33. The molecule has 1 N–H and O–H groups in total. The summed E-state index contributed by atoms with van der Waals surface area (Å²) in [4.78, 5) is 17.9. The number of nitrogens with zero attached hydrogens (tertiary/aromatic N) is 1. The summed E-state index contributed by atoms with van der Waals surface area (Å²) in [7, 11) is 0. The van der Waals surface area contributed by atoms with Crippen molar-refractivity contribution in [1.29, 1.82) is 0 Å². The number of thiophene rings is 1.